The molecule has 25 heavy (non-hydrogen) atoms. The number of benzene rings is 1. The number of carbonyl (C=O) groups is 1. The van der Waals surface area contributed by atoms with Crippen LogP contribution in [0.15, 0.2) is 18.2 Å². The molecule has 1 aliphatic heterocycles. The number of halogens is 2. The van der Waals surface area contributed by atoms with E-state index in [9.17, 15) is 4.79 Å². The zero-order chi connectivity index (χ0) is 17.1. The van der Waals surface area contributed by atoms with Crippen LogP contribution >= 0.6 is 24.8 Å². The average molecular weight is 390 g/mol. The summed E-state index contributed by atoms with van der Waals surface area (Å²) in [5.74, 6) is 1.10. The van der Waals surface area contributed by atoms with Crippen molar-refractivity contribution in [3.8, 4) is 0 Å². The number of rotatable bonds is 5. The molecule has 0 bridgehead atoms. The van der Waals surface area contributed by atoms with Gasteiger partial charge >= 0.3 is 0 Å². The molecular weight excluding hydrogens is 357 g/mol. The van der Waals surface area contributed by atoms with E-state index in [1.807, 2.05) is 24.0 Å². The van der Waals surface area contributed by atoms with E-state index >= 15 is 0 Å². The second-order valence-electron chi connectivity index (χ2n) is 7.30. The van der Waals surface area contributed by atoms with Gasteiger partial charge in [-0.1, -0.05) is 19.9 Å². The first-order chi connectivity index (χ1) is 10.8. The van der Waals surface area contributed by atoms with Gasteiger partial charge in [0.15, 0.2) is 0 Å². The van der Waals surface area contributed by atoms with E-state index in [2.05, 4.69) is 39.1 Å². The lowest BCUT2D eigenvalue weighted by molar-refractivity contribution is 0.0743. The summed E-state index contributed by atoms with van der Waals surface area (Å²) in [7, 11) is 0. The number of nitrogens with zero attached hydrogens (tertiary/aromatic N) is 1. The van der Waals surface area contributed by atoms with Crippen LogP contribution < -0.4 is 11.1 Å². The Morgan fingerprint density at radius 3 is 2.48 bits per heavy atom. The van der Waals surface area contributed by atoms with Gasteiger partial charge in [-0.2, -0.15) is 0 Å². The fourth-order valence-electron chi connectivity index (χ4n) is 3.19. The lowest BCUT2D eigenvalue weighted by Gasteiger charge is -2.25. The van der Waals surface area contributed by atoms with Crippen LogP contribution in [0.2, 0.25) is 0 Å². The van der Waals surface area contributed by atoms with Crippen molar-refractivity contribution in [3.05, 3.63) is 29.3 Å². The Hall–Kier alpha value is -0.970. The molecule has 0 aliphatic carbocycles. The quantitative estimate of drug-likeness (QED) is 0.796. The van der Waals surface area contributed by atoms with Gasteiger partial charge in [-0.3, -0.25) is 4.79 Å². The van der Waals surface area contributed by atoms with Gasteiger partial charge in [0.05, 0.1) is 0 Å². The molecule has 1 aromatic rings. The van der Waals surface area contributed by atoms with Crippen LogP contribution in [0, 0.1) is 18.8 Å². The highest BCUT2D eigenvalue weighted by Gasteiger charge is 2.32. The number of hydrogen-bond acceptors (Lipinski definition) is 3. The van der Waals surface area contributed by atoms with Gasteiger partial charge in [0, 0.05) is 29.9 Å². The predicted molar refractivity (Wildman–Crippen MR) is 111 cm³/mol. The van der Waals surface area contributed by atoms with E-state index in [4.69, 9.17) is 5.73 Å². The maximum atomic E-state index is 13.0. The highest BCUT2D eigenvalue weighted by molar-refractivity contribution is 5.97. The minimum atomic E-state index is 0. The minimum absolute atomic E-state index is 0. The summed E-state index contributed by atoms with van der Waals surface area (Å²) < 4.78 is 0. The minimum Gasteiger partial charge on any atom is -0.382 e. The van der Waals surface area contributed by atoms with E-state index in [0.717, 1.165) is 29.8 Å². The Bertz CT molecular complexity index is 566. The second kappa shape index (κ2) is 10.2. The van der Waals surface area contributed by atoms with Gasteiger partial charge in [0.1, 0.15) is 0 Å². The molecule has 1 aliphatic rings. The average Bonchev–Trinajstić information content (AvgIpc) is 2.89. The van der Waals surface area contributed by atoms with Crippen molar-refractivity contribution < 1.29 is 4.79 Å². The van der Waals surface area contributed by atoms with Crippen molar-refractivity contribution in [1.29, 1.82) is 0 Å². The fraction of sp³-hybridized carbons (Fsp3) is 0.632. The van der Waals surface area contributed by atoms with Crippen molar-refractivity contribution in [3.63, 3.8) is 0 Å². The highest BCUT2D eigenvalue weighted by Crippen LogP contribution is 2.27. The molecule has 3 atom stereocenters. The van der Waals surface area contributed by atoms with Crippen LogP contribution in [0.4, 0.5) is 5.69 Å². The van der Waals surface area contributed by atoms with Gasteiger partial charge in [-0.25, -0.2) is 0 Å². The lowest BCUT2D eigenvalue weighted by Crippen LogP contribution is -2.35. The van der Waals surface area contributed by atoms with Gasteiger partial charge in [0.25, 0.3) is 5.91 Å². The summed E-state index contributed by atoms with van der Waals surface area (Å²) >= 11 is 0. The summed E-state index contributed by atoms with van der Waals surface area (Å²) in [6.07, 6.45) is 1.00. The Balaban J connectivity index is 0.00000288. The zero-order valence-electron chi connectivity index (χ0n) is 15.9. The molecule has 3 N–H and O–H groups in total. The number of anilines is 1. The summed E-state index contributed by atoms with van der Waals surface area (Å²) in [5.41, 5.74) is 8.68. The Morgan fingerprint density at radius 2 is 1.96 bits per heavy atom. The molecule has 4 nitrogen and oxygen atoms in total. The maximum Gasteiger partial charge on any atom is 0.254 e. The number of likely N-dealkylation sites (tertiary alicyclic amines) is 1. The standard InChI is InChI=1S/C19H31N3O.2ClH/c1-12(2)15(5)21-18-8-6-7-17(14(18)4)19(23)22-11-16(10-20)9-13(22)3;;/h6-8,12-13,15-16,21H,9-11,20H2,1-5H3;2*1H. The molecule has 1 heterocycles. The summed E-state index contributed by atoms with van der Waals surface area (Å²) in [6.45, 7) is 12.1. The summed E-state index contributed by atoms with van der Waals surface area (Å²) in [5, 5.41) is 3.54. The third kappa shape index (κ3) is 5.50. The maximum absolute atomic E-state index is 13.0. The van der Waals surface area contributed by atoms with Crippen LogP contribution in [0.3, 0.4) is 0 Å². The van der Waals surface area contributed by atoms with Gasteiger partial charge < -0.3 is 16.0 Å². The number of carbonyl (C=O) groups excluding carboxylic acids is 1. The molecule has 1 aromatic carbocycles. The molecule has 0 spiro atoms. The summed E-state index contributed by atoms with van der Waals surface area (Å²) in [6, 6.07) is 6.59. The predicted octanol–water partition coefficient (Wildman–Crippen LogP) is 4.10. The third-order valence-corrected chi connectivity index (χ3v) is 5.20. The van der Waals surface area contributed by atoms with Crippen LogP contribution in [0.25, 0.3) is 0 Å². The molecule has 144 valence electrons. The zero-order valence-corrected chi connectivity index (χ0v) is 17.5. The van der Waals surface area contributed by atoms with E-state index in [-0.39, 0.29) is 36.8 Å². The molecule has 2 rings (SSSR count). The molecule has 1 amide bonds. The highest BCUT2D eigenvalue weighted by atomic mass is 35.5. The molecule has 6 heteroatoms. The van der Waals surface area contributed by atoms with E-state index in [1.54, 1.807) is 0 Å². The van der Waals surface area contributed by atoms with Crippen molar-refractivity contribution in [2.75, 3.05) is 18.4 Å². The molecule has 0 saturated carbocycles. The van der Waals surface area contributed by atoms with E-state index in [0.29, 0.717) is 24.4 Å². The molecular formula is C19H33Cl2N3O. The van der Waals surface area contributed by atoms with Crippen LogP contribution in [-0.2, 0) is 0 Å². The Labute approximate surface area is 164 Å². The topological polar surface area (TPSA) is 58.4 Å². The number of nitrogens with one attached hydrogen (secondary N) is 1. The molecule has 0 aromatic heterocycles. The number of amides is 1. The third-order valence-electron chi connectivity index (χ3n) is 5.20. The van der Waals surface area contributed by atoms with Crippen molar-refractivity contribution >= 4 is 36.4 Å². The number of hydrogen-bond donors (Lipinski definition) is 2. The molecule has 0 radical (unpaired) electrons. The van der Waals surface area contributed by atoms with Crippen molar-refractivity contribution in [2.24, 2.45) is 17.6 Å². The van der Waals surface area contributed by atoms with Crippen LogP contribution in [-0.4, -0.2) is 36.0 Å². The normalized spacial score (nSPS) is 20.7. The monoisotopic (exact) mass is 389 g/mol. The lowest BCUT2D eigenvalue weighted by atomic mass is 10.0. The first-order valence-electron chi connectivity index (χ1n) is 8.72. The summed E-state index contributed by atoms with van der Waals surface area (Å²) in [4.78, 5) is 15.0. The Morgan fingerprint density at radius 1 is 1.32 bits per heavy atom. The molecule has 1 fully saturated rings. The smallest absolute Gasteiger partial charge is 0.254 e. The van der Waals surface area contributed by atoms with Crippen LogP contribution in [0.1, 0.15) is 50.0 Å². The largest absolute Gasteiger partial charge is 0.382 e. The Kier molecular flexibility index (Phi) is 9.85. The van der Waals surface area contributed by atoms with Crippen molar-refractivity contribution in [2.45, 2.75) is 53.1 Å². The van der Waals surface area contributed by atoms with Crippen molar-refractivity contribution in [1.82, 2.24) is 4.90 Å². The van der Waals surface area contributed by atoms with Gasteiger partial charge in [-0.05, 0) is 63.3 Å². The first kappa shape index (κ1) is 24.0. The van der Waals surface area contributed by atoms with Gasteiger partial charge in [0.2, 0.25) is 0 Å². The second-order valence-corrected chi connectivity index (χ2v) is 7.30. The van der Waals surface area contributed by atoms with Gasteiger partial charge in [-0.15, -0.1) is 24.8 Å². The van der Waals surface area contributed by atoms with E-state index < -0.39 is 0 Å². The molecule has 1 saturated heterocycles. The first-order valence-corrected chi connectivity index (χ1v) is 8.72. The number of nitrogens with two attached hydrogens (primary N) is 1. The molecule has 3 unspecified atom stereocenters. The van der Waals surface area contributed by atoms with Crippen LogP contribution in [0.5, 0.6) is 0 Å². The van der Waals surface area contributed by atoms with E-state index in [1.165, 1.54) is 0 Å². The fourth-order valence-corrected chi connectivity index (χ4v) is 3.19. The SMILES string of the molecule is Cc1c(NC(C)C(C)C)cccc1C(=O)N1CC(CN)CC1C.Cl.Cl.